The lowest BCUT2D eigenvalue weighted by molar-refractivity contribution is -0.113. The van der Waals surface area contributed by atoms with Gasteiger partial charge in [0.2, 0.25) is 0 Å². The van der Waals surface area contributed by atoms with E-state index in [0.717, 1.165) is 43.9 Å². The number of carbonyl (C=O) groups is 1. The minimum Gasteiger partial charge on any atom is -0.493 e. The number of benzene rings is 2. The molecule has 1 heterocycles. The standard InChI is InChI=1S/C25H29FN2O3/c1-27-9-4-10-28(12-11-27)19-13-17-5-7-23(29)21(16-20(17)22(26)15-19)18-6-8-24(30-2)25(14-18)31-3/h6,8,13-16H,4-5,7,9-12H2,1-3H3. The number of carbonyl (C=O) groups excluding carboxylic acids is 1. The molecule has 1 aliphatic heterocycles. The van der Waals surface area contributed by atoms with E-state index in [4.69, 9.17) is 9.47 Å². The smallest absolute Gasteiger partial charge is 0.163 e. The average Bonchev–Trinajstić information content (AvgIpc) is 3.09. The first-order valence-electron chi connectivity index (χ1n) is 10.7. The van der Waals surface area contributed by atoms with E-state index < -0.39 is 0 Å². The van der Waals surface area contributed by atoms with E-state index in [1.165, 1.54) is 0 Å². The van der Waals surface area contributed by atoms with Crippen LogP contribution in [0.3, 0.4) is 0 Å². The minimum absolute atomic E-state index is 0.000710. The summed E-state index contributed by atoms with van der Waals surface area (Å²) in [7, 11) is 5.24. The molecule has 4 rings (SSSR count). The van der Waals surface area contributed by atoms with E-state index in [-0.39, 0.29) is 11.6 Å². The van der Waals surface area contributed by atoms with Crippen LogP contribution in [-0.2, 0) is 11.2 Å². The third-order valence-electron chi connectivity index (χ3n) is 6.19. The van der Waals surface area contributed by atoms with Crippen LogP contribution in [0, 0.1) is 5.82 Å². The predicted octanol–water partition coefficient (Wildman–Crippen LogP) is 4.04. The summed E-state index contributed by atoms with van der Waals surface area (Å²) in [4.78, 5) is 17.5. The highest BCUT2D eigenvalue weighted by atomic mass is 19.1. The van der Waals surface area contributed by atoms with Crippen molar-refractivity contribution in [2.45, 2.75) is 19.3 Å². The lowest BCUT2D eigenvalue weighted by Gasteiger charge is -2.24. The van der Waals surface area contributed by atoms with Gasteiger partial charge in [0.25, 0.3) is 0 Å². The monoisotopic (exact) mass is 424 g/mol. The second kappa shape index (κ2) is 9.10. The number of Topliss-reactive ketones (excluding diaryl/α,β-unsaturated/α-hetero) is 1. The number of hydrogen-bond acceptors (Lipinski definition) is 5. The van der Waals surface area contributed by atoms with E-state index in [2.05, 4.69) is 22.9 Å². The fraction of sp³-hybridized carbons (Fsp3) is 0.400. The number of methoxy groups -OCH3 is 2. The Labute approximate surface area is 183 Å². The molecule has 1 fully saturated rings. The van der Waals surface area contributed by atoms with Gasteiger partial charge in [-0.1, -0.05) is 6.07 Å². The third kappa shape index (κ3) is 4.44. The van der Waals surface area contributed by atoms with Gasteiger partial charge in [-0.05, 0) is 67.9 Å². The number of likely N-dealkylation sites (N-methyl/N-ethyl adjacent to an activating group) is 1. The molecule has 0 N–H and O–H groups in total. The zero-order valence-corrected chi connectivity index (χ0v) is 18.4. The molecule has 1 saturated heterocycles. The van der Waals surface area contributed by atoms with Gasteiger partial charge in [-0.2, -0.15) is 0 Å². The van der Waals surface area contributed by atoms with Gasteiger partial charge in [-0.15, -0.1) is 0 Å². The molecule has 2 aromatic carbocycles. The zero-order chi connectivity index (χ0) is 22.0. The largest absolute Gasteiger partial charge is 0.493 e. The van der Waals surface area contributed by atoms with Gasteiger partial charge < -0.3 is 19.3 Å². The van der Waals surface area contributed by atoms with Gasteiger partial charge >= 0.3 is 0 Å². The summed E-state index contributed by atoms with van der Waals surface area (Å²) in [6.45, 7) is 3.80. The van der Waals surface area contributed by atoms with Crippen molar-refractivity contribution in [3.8, 4) is 11.5 Å². The van der Waals surface area contributed by atoms with Crippen LogP contribution >= 0.6 is 0 Å². The Kier molecular flexibility index (Phi) is 6.28. The number of ketones is 1. The van der Waals surface area contributed by atoms with Gasteiger partial charge in [0.05, 0.1) is 14.2 Å². The number of nitrogens with zero attached hydrogens (tertiary/aromatic N) is 2. The van der Waals surface area contributed by atoms with Crippen molar-refractivity contribution in [3.63, 3.8) is 0 Å². The van der Waals surface area contributed by atoms with Gasteiger partial charge in [0, 0.05) is 42.9 Å². The number of fused-ring (bicyclic) bond motifs is 1. The number of hydrogen-bond donors (Lipinski definition) is 0. The normalized spacial score (nSPS) is 17.5. The van der Waals surface area contributed by atoms with Crippen molar-refractivity contribution >= 4 is 23.1 Å². The summed E-state index contributed by atoms with van der Waals surface area (Å²) in [6, 6.07) is 9.03. The van der Waals surface area contributed by atoms with Crippen LogP contribution in [0.5, 0.6) is 11.5 Å². The molecule has 0 unspecified atom stereocenters. The van der Waals surface area contributed by atoms with E-state index in [1.807, 2.05) is 6.07 Å². The average molecular weight is 425 g/mol. The Bertz CT molecular complexity index is 1020. The van der Waals surface area contributed by atoms with E-state index >= 15 is 4.39 Å². The lowest BCUT2D eigenvalue weighted by atomic mass is 9.98. The Morgan fingerprint density at radius 3 is 2.52 bits per heavy atom. The summed E-state index contributed by atoms with van der Waals surface area (Å²) in [5.74, 6) is 0.853. The maximum absolute atomic E-state index is 15.3. The fourth-order valence-electron chi connectivity index (χ4n) is 4.37. The van der Waals surface area contributed by atoms with Crippen LogP contribution in [0.4, 0.5) is 10.1 Å². The Morgan fingerprint density at radius 1 is 0.935 bits per heavy atom. The summed E-state index contributed by atoms with van der Waals surface area (Å²) in [5, 5.41) is 0. The predicted molar refractivity (Wildman–Crippen MR) is 121 cm³/mol. The van der Waals surface area contributed by atoms with Crippen LogP contribution in [0.15, 0.2) is 30.3 Å². The topological polar surface area (TPSA) is 42.0 Å². The van der Waals surface area contributed by atoms with Crippen molar-refractivity contribution < 1.29 is 18.7 Å². The number of aryl methyl sites for hydroxylation is 1. The third-order valence-corrected chi connectivity index (χ3v) is 6.19. The number of halogens is 1. The molecule has 2 aromatic rings. The van der Waals surface area contributed by atoms with Crippen molar-refractivity contribution in [2.75, 3.05) is 52.3 Å². The first kappa shape index (κ1) is 21.4. The van der Waals surface area contributed by atoms with Crippen LogP contribution < -0.4 is 14.4 Å². The van der Waals surface area contributed by atoms with E-state index in [9.17, 15) is 4.79 Å². The SMILES string of the molecule is COc1ccc(C2=Cc3c(F)cc(N4CCCN(C)CC4)cc3CCC2=O)cc1OC. The van der Waals surface area contributed by atoms with Gasteiger partial charge in [0.15, 0.2) is 17.3 Å². The molecule has 0 saturated carbocycles. The quantitative estimate of drug-likeness (QED) is 0.741. The fourth-order valence-corrected chi connectivity index (χ4v) is 4.37. The second-order valence-corrected chi connectivity index (χ2v) is 8.20. The van der Waals surface area contributed by atoms with Gasteiger partial charge in [-0.3, -0.25) is 4.79 Å². The summed E-state index contributed by atoms with van der Waals surface area (Å²) < 4.78 is 26.0. The van der Waals surface area contributed by atoms with Crippen molar-refractivity contribution in [3.05, 3.63) is 52.8 Å². The Hall–Kier alpha value is -2.86. The zero-order valence-electron chi connectivity index (χ0n) is 18.4. The second-order valence-electron chi connectivity index (χ2n) is 8.20. The number of allylic oxidation sites excluding steroid dienone is 1. The van der Waals surface area contributed by atoms with Crippen molar-refractivity contribution in [1.82, 2.24) is 4.90 Å². The molecule has 5 nitrogen and oxygen atoms in total. The number of rotatable bonds is 4. The first-order valence-corrected chi connectivity index (χ1v) is 10.7. The summed E-state index contributed by atoms with van der Waals surface area (Å²) >= 11 is 0. The molecule has 0 bridgehead atoms. The van der Waals surface area contributed by atoms with Crippen LogP contribution in [0.1, 0.15) is 29.5 Å². The highest BCUT2D eigenvalue weighted by Gasteiger charge is 2.23. The minimum atomic E-state index is -0.280. The van der Waals surface area contributed by atoms with Crippen LogP contribution in [-0.4, -0.2) is 58.1 Å². The van der Waals surface area contributed by atoms with E-state index in [0.29, 0.717) is 41.0 Å². The first-order chi connectivity index (χ1) is 15.0. The molecule has 1 aliphatic carbocycles. The maximum Gasteiger partial charge on any atom is 0.163 e. The lowest BCUT2D eigenvalue weighted by Crippen LogP contribution is -2.28. The molecule has 31 heavy (non-hydrogen) atoms. The maximum atomic E-state index is 15.3. The molecule has 0 aromatic heterocycles. The molecular weight excluding hydrogens is 395 g/mol. The molecule has 2 aliphatic rings. The molecule has 0 spiro atoms. The molecule has 0 radical (unpaired) electrons. The van der Waals surface area contributed by atoms with Gasteiger partial charge in [0.1, 0.15) is 5.82 Å². The van der Waals surface area contributed by atoms with Crippen molar-refractivity contribution in [1.29, 1.82) is 0 Å². The molecule has 164 valence electrons. The summed E-state index contributed by atoms with van der Waals surface area (Å²) in [6.07, 6.45) is 3.62. The highest BCUT2D eigenvalue weighted by molar-refractivity contribution is 6.26. The van der Waals surface area contributed by atoms with E-state index in [1.54, 1.807) is 38.5 Å². The number of ether oxygens (including phenoxy) is 2. The molecular formula is C25H29FN2O3. The number of anilines is 1. The molecule has 0 atom stereocenters. The Morgan fingerprint density at radius 2 is 1.74 bits per heavy atom. The highest BCUT2D eigenvalue weighted by Crippen LogP contribution is 2.35. The molecule has 6 heteroatoms. The van der Waals surface area contributed by atoms with Gasteiger partial charge in [-0.25, -0.2) is 4.39 Å². The van der Waals surface area contributed by atoms with Crippen LogP contribution in [0.2, 0.25) is 0 Å². The van der Waals surface area contributed by atoms with Crippen LogP contribution in [0.25, 0.3) is 11.6 Å². The Balaban J connectivity index is 1.72. The van der Waals surface area contributed by atoms with Crippen molar-refractivity contribution in [2.24, 2.45) is 0 Å². The molecule has 0 amide bonds. The summed E-state index contributed by atoms with van der Waals surface area (Å²) in [5.41, 5.74) is 3.50.